The number of likely N-dealkylation sites (N-methyl/N-ethyl adjacent to an activating group) is 1. The Morgan fingerprint density at radius 3 is 2.58 bits per heavy atom. The highest BCUT2D eigenvalue weighted by molar-refractivity contribution is 7.80. The minimum atomic E-state index is -0.0649. The van der Waals surface area contributed by atoms with Crippen LogP contribution in [0.25, 0.3) is 0 Å². The molecule has 0 aromatic heterocycles. The third-order valence-electron chi connectivity index (χ3n) is 4.08. The molecule has 0 amide bonds. The van der Waals surface area contributed by atoms with Crippen LogP contribution in [0.2, 0.25) is 0 Å². The molecule has 0 radical (unpaired) electrons. The van der Waals surface area contributed by atoms with E-state index < -0.39 is 0 Å². The lowest BCUT2D eigenvalue weighted by molar-refractivity contribution is 0.0754. The van der Waals surface area contributed by atoms with E-state index in [9.17, 15) is 0 Å². The first-order chi connectivity index (χ1) is 12.7. The van der Waals surface area contributed by atoms with Crippen molar-refractivity contribution in [3.8, 4) is 17.2 Å². The second-order valence-electron chi connectivity index (χ2n) is 5.92. The lowest BCUT2D eigenvalue weighted by atomic mass is 10.2. The molecule has 6 heteroatoms. The highest BCUT2D eigenvalue weighted by Crippen LogP contribution is 2.31. The van der Waals surface area contributed by atoms with Crippen LogP contribution >= 0.6 is 12.2 Å². The maximum Gasteiger partial charge on any atom is 0.173 e. The van der Waals surface area contributed by atoms with Crippen molar-refractivity contribution >= 4 is 23.0 Å². The van der Waals surface area contributed by atoms with Gasteiger partial charge in [0.05, 0.1) is 13.2 Å². The summed E-state index contributed by atoms with van der Waals surface area (Å²) in [6.07, 6.45) is -0.0649. The van der Waals surface area contributed by atoms with Crippen LogP contribution in [0.1, 0.15) is 13.8 Å². The average Bonchev–Trinajstić information content (AvgIpc) is 2.67. The number of nitrogens with zero attached hydrogens (tertiary/aromatic N) is 1. The largest absolute Gasteiger partial charge is 0.494 e. The summed E-state index contributed by atoms with van der Waals surface area (Å²) in [6, 6.07) is 15.5. The van der Waals surface area contributed by atoms with Crippen LogP contribution in [0.3, 0.4) is 0 Å². The number of rotatable bonds is 6. The van der Waals surface area contributed by atoms with Gasteiger partial charge in [0.15, 0.2) is 22.7 Å². The van der Waals surface area contributed by atoms with Gasteiger partial charge in [-0.2, -0.15) is 0 Å². The van der Waals surface area contributed by atoms with Crippen LogP contribution in [0, 0.1) is 0 Å². The van der Waals surface area contributed by atoms with Gasteiger partial charge >= 0.3 is 0 Å². The number of hydrogen-bond acceptors (Lipinski definition) is 4. The standard InChI is InChI=1S/C20H24N2O3S/c1-3-22(13-17-14-24-18-7-5-6-8-19(18)25-17)20(26)21-15-9-11-16(12-10-15)23-4-2/h5-12,17H,3-4,13-14H2,1-2H3,(H,21,26)/t17-/m1/s1. The molecule has 0 unspecified atom stereocenters. The monoisotopic (exact) mass is 372 g/mol. The first-order valence-electron chi connectivity index (χ1n) is 8.87. The van der Waals surface area contributed by atoms with E-state index in [2.05, 4.69) is 17.1 Å². The summed E-state index contributed by atoms with van der Waals surface area (Å²) in [6.45, 7) is 6.65. The number of thiocarbonyl (C=S) groups is 1. The van der Waals surface area contributed by atoms with E-state index in [1.54, 1.807) is 0 Å². The molecule has 2 aromatic rings. The van der Waals surface area contributed by atoms with Gasteiger partial charge in [0.1, 0.15) is 12.4 Å². The maximum absolute atomic E-state index is 6.04. The molecule has 0 bridgehead atoms. The van der Waals surface area contributed by atoms with Gasteiger partial charge in [0.2, 0.25) is 0 Å². The predicted molar refractivity (Wildman–Crippen MR) is 107 cm³/mol. The van der Waals surface area contributed by atoms with Gasteiger partial charge in [0, 0.05) is 12.2 Å². The first-order valence-corrected chi connectivity index (χ1v) is 9.27. The van der Waals surface area contributed by atoms with Crippen molar-refractivity contribution in [2.24, 2.45) is 0 Å². The first kappa shape index (κ1) is 18.3. The molecule has 2 aromatic carbocycles. The Kier molecular flexibility index (Phi) is 6.17. The Labute approximate surface area is 159 Å². The normalized spacial score (nSPS) is 15.2. The molecule has 0 spiro atoms. The van der Waals surface area contributed by atoms with Gasteiger partial charge in [-0.25, -0.2) is 0 Å². The molecule has 0 saturated heterocycles. The Morgan fingerprint density at radius 1 is 1.15 bits per heavy atom. The molecule has 1 atom stereocenters. The molecule has 5 nitrogen and oxygen atoms in total. The van der Waals surface area contributed by atoms with Crippen LogP contribution in [0.15, 0.2) is 48.5 Å². The van der Waals surface area contributed by atoms with E-state index in [4.69, 9.17) is 26.4 Å². The number of para-hydroxylation sites is 2. The highest BCUT2D eigenvalue weighted by Gasteiger charge is 2.23. The fourth-order valence-electron chi connectivity index (χ4n) is 2.76. The van der Waals surface area contributed by atoms with Crippen LogP contribution in [0.4, 0.5) is 5.69 Å². The molecule has 3 rings (SSSR count). The van der Waals surface area contributed by atoms with E-state index >= 15 is 0 Å². The van der Waals surface area contributed by atoms with Gasteiger partial charge in [-0.3, -0.25) is 0 Å². The molecule has 0 aliphatic carbocycles. The van der Waals surface area contributed by atoms with Gasteiger partial charge in [-0.1, -0.05) is 12.1 Å². The van der Waals surface area contributed by atoms with Crippen molar-refractivity contribution in [1.29, 1.82) is 0 Å². The Morgan fingerprint density at radius 2 is 1.88 bits per heavy atom. The van der Waals surface area contributed by atoms with Crippen molar-refractivity contribution in [3.05, 3.63) is 48.5 Å². The molecule has 0 saturated carbocycles. The summed E-state index contributed by atoms with van der Waals surface area (Å²) >= 11 is 5.57. The number of fused-ring (bicyclic) bond motifs is 1. The topological polar surface area (TPSA) is 43.0 Å². The summed E-state index contributed by atoms with van der Waals surface area (Å²) in [7, 11) is 0. The van der Waals surface area contributed by atoms with Crippen molar-refractivity contribution in [2.45, 2.75) is 20.0 Å². The van der Waals surface area contributed by atoms with Gasteiger partial charge in [-0.05, 0) is 62.5 Å². The molecule has 1 heterocycles. The summed E-state index contributed by atoms with van der Waals surface area (Å²) < 4.78 is 17.3. The summed E-state index contributed by atoms with van der Waals surface area (Å²) in [4.78, 5) is 2.08. The zero-order chi connectivity index (χ0) is 18.4. The van der Waals surface area contributed by atoms with Crippen LogP contribution in [-0.2, 0) is 0 Å². The fraction of sp³-hybridized carbons (Fsp3) is 0.350. The molecule has 1 aliphatic rings. The van der Waals surface area contributed by atoms with Crippen molar-refractivity contribution < 1.29 is 14.2 Å². The molecule has 1 aliphatic heterocycles. The third kappa shape index (κ3) is 4.58. The number of nitrogens with one attached hydrogen (secondary N) is 1. The lowest BCUT2D eigenvalue weighted by Crippen LogP contribution is -2.45. The second-order valence-corrected chi connectivity index (χ2v) is 6.31. The Bertz CT molecular complexity index is 736. The van der Waals surface area contributed by atoms with E-state index in [-0.39, 0.29) is 6.10 Å². The zero-order valence-electron chi connectivity index (χ0n) is 15.1. The van der Waals surface area contributed by atoms with E-state index in [1.165, 1.54) is 0 Å². The predicted octanol–water partition coefficient (Wildman–Crippen LogP) is 3.94. The highest BCUT2D eigenvalue weighted by atomic mass is 32.1. The van der Waals surface area contributed by atoms with Crippen molar-refractivity contribution in [2.75, 3.05) is 31.6 Å². The zero-order valence-corrected chi connectivity index (χ0v) is 15.9. The molecule has 26 heavy (non-hydrogen) atoms. The Hall–Kier alpha value is -2.47. The van der Waals surface area contributed by atoms with E-state index in [1.807, 2.05) is 55.5 Å². The molecular weight excluding hydrogens is 348 g/mol. The van der Waals surface area contributed by atoms with Crippen molar-refractivity contribution in [1.82, 2.24) is 4.90 Å². The quantitative estimate of drug-likeness (QED) is 0.775. The lowest BCUT2D eigenvalue weighted by Gasteiger charge is -2.32. The van der Waals surface area contributed by atoms with E-state index in [0.717, 1.165) is 29.5 Å². The minimum absolute atomic E-state index is 0.0649. The minimum Gasteiger partial charge on any atom is -0.494 e. The SMILES string of the molecule is CCOc1ccc(NC(=S)N(CC)C[C@@H]2COc3ccccc3O2)cc1. The summed E-state index contributed by atoms with van der Waals surface area (Å²) in [5.41, 5.74) is 0.933. The van der Waals surface area contributed by atoms with Gasteiger partial charge in [0.25, 0.3) is 0 Å². The van der Waals surface area contributed by atoms with Crippen molar-refractivity contribution in [3.63, 3.8) is 0 Å². The molecular formula is C20H24N2O3S. The van der Waals surface area contributed by atoms with Crippen LogP contribution in [-0.4, -0.2) is 42.4 Å². The molecule has 1 N–H and O–H groups in total. The van der Waals surface area contributed by atoms with Gasteiger partial charge < -0.3 is 24.4 Å². The summed E-state index contributed by atoms with van der Waals surface area (Å²) in [5.74, 6) is 2.43. The number of anilines is 1. The number of hydrogen-bond donors (Lipinski definition) is 1. The molecule has 0 fully saturated rings. The van der Waals surface area contributed by atoms with Crippen LogP contribution < -0.4 is 19.5 Å². The number of benzene rings is 2. The van der Waals surface area contributed by atoms with E-state index in [0.29, 0.717) is 24.9 Å². The van der Waals surface area contributed by atoms with Crippen LogP contribution in [0.5, 0.6) is 17.2 Å². The Balaban J connectivity index is 1.57. The van der Waals surface area contributed by atoms with Gasteiger partial charge in [-0.15, -0.1) is 0 Å². The number of ether oxygens (including phenoxy) is 3. The fourth-order valence-corrected chi connectivity index (χ4v) is 3.08. The maximum atomic E-state index is 6.04. The third-order valence-corrected chi connectivity index (χ3v) is 4.44. The molecule has 138 valence electrons. The smallest absolute Gasteiger partial charge is 0.173 e. The average molecular weight is 372 g/mol. The summed E-state index contributed by atoms with van der Waals surface area (Å²) in [5, 5.41) is 3.94. The second kappa shape index (κ2) is 8.76.